The maximum atomic E-state index is 13.0. The Hall–Kier alpha value is -1.88. The zero-order valence-electron chi connectivity index (χ0n) is 10.9. The van der Waals surface area contributed by atoms with Crippen LogP contribution in [0.15, 0.2) is 46.9 Å². The first kappa shape index (κ1) is 14.5. The van der Waals surface area contributed by atoms with Gasteiger partial charge in [0.2, 0.25) is 0 Å². The molecule has 0 fully saturated rings. The van der Waals surface area contributed by atoms with Crippen LogP contribution in [0.4, 0.5) is 10.1 Å². The van der Waals surface area contributed by atoms with E-state index in [0.29, 0.717) is 15.7 Å². The molecule has 2 aromatic carbocycles. The Morgan fingerprint density at radius 2 is 1.90 bits per heavy atom. The van der Waals surface area contributed by atoms with Crippen LogP contribution in [0, 0.1) is 5.82 Å². The van der Waals surface area contributed by atoms with Crippen molar-refractivity contribution >= 4 is 27.5 Å². The highest BCUT2D eigenvalue weighted by Crippen LogP contribution is 2.20. The highest BCUT2D eigenvalue weighted by molar-refractivity contribution is 9.10. The van der Waals surface area contributed by atoms with Crippen LogP contribution in [0.5, 0.6) is 0 Å². The van der Waals surface area contributed by atoms with Crippen molar-refractivity contribution in [3.8, 4) is 0 Å². The molecule has 2 aromatic rings. The number of rotatable bonds is 3. The Kier molecular flexibility index (Phi) is 4.39. The quantitative estimate of drug-likeness (QED) is 0.840. The summed E-state index contributed by atoms with van der Waals surface area (Å²) < 4.78 is 13.4. The van der Waals surface area contributed by atoms with Crippen LogP contribution in [-0.2, 0) is 0 Å². The van der Waals surface area contributed by atoms with Crippen molar-refractivity contribution in [3.63, 3.8) is 0 Å². The van der Waals surface area contributed by atoms with Gasteiger partial charge in [-0.1, -0.05) is 12.1 Å². The molecule has 0 aliphatic carbocycles. The topological polar surface area (TPSA) is 55.1 Å². The van der Waals surface area contributed by atoms with Crippen molar-refractivity contribution in [2.45, 2.75) is 13.0 Å². The van der Waals surface area contributed by atoms with E-state index < -0.39 is 0 Å². The highest BCUT2D eigenvalue weighted by Gasteiger charge is 2.14. The third kappa shape index (κ3) is 3.36. The molecule has 0 spiro atoms. The third-order valence-corrected chi connectivity index (χ3v) is 3.62. The van der Waals surface area contributed by atoms with E-state index >= 15 is 0 Å². The number of nitrogens with two attached hydrogens (primary N) is 1. The minimum Gasteiger partial charge on any atom is -0.399 e. The zero-order chi connectivity index (χ0) is 14.7. The molecule has 3 N–H and O–H groups in total. The molecular weight excluding hydrogens is 323 g/mol. The summed E-state index contributed by atoms with van der Waals surface area (Å²) >= 11 is 3.19. The number of carbonyl (C=O) groups excluding carboxylic acids is 1. The lowest BCUT2D eigenvalue weighted by molar-refractivity contribution is 0.0939. The molecule has 1 amide bonds. The molecule has 20 heavy (non-hydrogen) atoms. The molecule has 5 heteroatoms. The SMILES string of the molecule is CC(NC(=O)c1ccc(F)cc1Br)c1ccc(N)cc1. The van der Waals surface area contributed by atoms with E-state index in [1.165, 1.54) is 18.2 Å². The minimum absolute atomic E-state index is 0.167. The molecule has 104 valence electrons. The number of amides is 1. The Balaban J connectivity index is 2.13. The number of nitrogens with one attached hydrogen (secondary N) is 1. The maximum absolute atomic E-state index is 13.0. The average Bonchev–Trinajstić information content (AvgIpc) is 2.39. The second kappa shape index (κ2) is 6.05. The van der Waals surface area contributed by atoms with Crippen molar-refractivity contribution in [3.05, 3.63) is 63.9 Å². The molecule has 0 heterocycles. The molecular formula is C15H14BrFN2O. The van der Waals surface area contributed by atoms with Gasteiger partial charge >= 0.3 is 0 Å². The summed E-state index contributed by atoms with van der Waals surface area (Å²) in [4.78, 5) is 12.1. The van der Waals surface area contributed by atoms with Gasteiger partial charge in [-0.05, 0) is 58.7 Å². The van der Waals surface area contributed by atoms with Crippen LogP contribution >= 0.6 is 15.9 Å². The number of anilines is 1. The normalized spacial score (nSPS) is 11.9. The second-order valence-corrected chi connectivity index (χ2v) is 5.34. The van der Waals surface area contributed by atoms with Crippen molar-refractivity contribution in [1.29, 1.82) is 0 Å². The van der Waals surface area contributed by atoms with Gasteiger partial charge in [0.05, 0.1) is 11.6 Å². The number of benzene rings is 2. The first-order valence-corrected chi connectivity index (χ1v) is 6.88. The van der Waals surface area contributed by atoms with Crippen molar-refractivity contribution in [2.24, 2.45) is 0 Å². The number of nitrogen functional groups attached to an aromatic ring is 1. The molecule has 0 radical (unpaired) electrons. The van der Waals surface area contributed by atoms with Crippen molar-refractivity contribution in [2.75, 3.05) is 5.73 Å². The number of carbonyl (C=O) groups is 1. The third-order valence-electron chi connectivity index (χ3n) is 2.96. The molecule has 0 saturated heterocycles. The van der Waals surface area contributed by atoms with Gasteiger partial charge < -0.3 is 11.1 Å². The Bertz CT molecular complexity index is 628. The molecule has 0 aliphatic rings. The van der Waals surface area contributed by atoms with Gasteiger partial charge in [0, 0.05) is 10.2 Å². The largest absolute Gasteiger partial charge is 0.399 e. The fourth-order valence-corrected chi connectivity index (χ4v) is 2.35. The van der Waals surface area contributed by atoms with Gasteiger partial charge in [0.15, 0.2) is 0 Å². The first-order valence-electron chi connectivity index (χ1n) is 6.08. The van der Waals surface area contributed by atoms with Gasteiger partial charge in [-0.15, -0.1) is 0 Å². The van der Waals surface area contributed by atoms with E-state index in [1.807, 2.05) is 19.1 Å². The van der Waals surface area contributed by atoms with Crippen LogP contribution in [0.25, 0.3) is 0 Å². The Morgan fingerprint density at radius 1 is 1.25 bits per heavy atom. The summed E-state index contributed by atoms with van der Waals surface area (Å²) in [6.07, 6.45) is 0. The number of halogens is 2. The van der Waals surface area contributed by atoms with Crippen LogP contribution in [-0.4, -0.2) is 5.91 Å². The number of hydrogen-bond donors (Lipinski definition) is 2. The van der Waals surface area contributed by atoms with E-state index in [2.05, 4.69) is 21.2 Å². The van der Waals surface area contributed by atoms with Crippen LogP contribution in [0.3, 0.4) is 0 Å². The predicted molar refractivity (Wildman–Crippen MR) is 80.8 cm³/mol. The molecule has 0 saturated carbocycles. The molecule has 1 atom stereocenters. The van der Waals surface area contributed by atoms with E-state index in [1.54, 1.807) is 12.1 Å². The summed E-state index contributed by atoms with van der Waals surface area (Å²) in [7, 11) is 0. The lowest BCUT2D eigenvalue weighted by Gasteiger charge is -2.15. The summed E-state index contributed by atoms with van der Waals surface area (Å²) in [6, 6.07) is 11.1. The van der Waals surface area contributed by atoms with E-state index in [9.17, 15) is 9.18 Å². The molecule has 3 nitrogen and oxygen atoms in total. The highest BCUT2D eigenvalue weighted by atomic mass is 79.9. The lowest BCUT2D eigenvalue weighted by Crippen LogP contribution is -2.27. The van der Waals surface area contributed by atoms with Crippen molar-refractivity contribution in [1.82, 2.24) is 5.32 Å². The Morgan fingerprint density at radius 3 is 2.50 bits per heavy atom. The van der Waals surface area contributed by atoms with Gasteiger partial charge in [-0.3, -0.25) is 4.79 Å². The monoisotopic (exact) mass is 336 g/mol. The molecule has 0 aromatic heterocycles. The first-order chi connectivity index (χ1) is 9.47. The van der Waals surface area contributed by atoms with Gasteiger partial charge in [0.25, 0.3) is 5.91 Å². The van der Waals surface area contributed by atoms with Gasteiger partial charge in [0.1, 0.15) is 5.82 Å². The Labute approximate surface area is 125 Å². The van der Waals surface area contributed by atoms with E-state index in [4.69, 9.17) is 5.73 Å². The summed E-state index contributed by atoms with van der Waals surface area (Å²) in [5.41, 5.74) is 7.65. The number of hydrogen-bond acceptors (Lipinski definition) is 2. The molecule has 1 unspecified atom stereocenters. The fourth-order valence-electron chi connectivity index (χ4n) is 1.82. The average molecular weight is 337 g/mol. The molecule has 2 rings (SSSR count). The minimum atomic E-state index is -0.389. The summed E-state index contributed by atoms with van der Waals surface area (Å²) in [6.45, 7) is 1.88. The van der Waals surface area contributed by atoms with E-state index in [-0.39, 0.29) is 17.8 Å². The lowest BCUT2D eigenvalue weighted by atomic mass is 10.1. The molecule has 0 aliphatic heterocycles. The van der Waals surface area contributed by atoms with E-state index in [0.717, 1.165) is 5.56 Å². The van der Waals surface area contributed by atoms with Crippen LogP contribution in [0.1, 0.15) is 28.9 Å². The smallest absolute Gasteiger partial charge is 0.252 e. The zero-order valence-corrected chi connectivity index (χ0v) is 12.4. The maximum Gasteiger partial charge on any atom is 0.252 e. The van der Waals surface area contributed by atoms with Crippen LogP contribution < -0.4 is 11.1 Å². The van der Waals surface area contributed by atoms with Gasteiger partial charge in [-0.25, -0.2) is 4.39 Å². The summed E-state index contributed by atoms with van der Waals surface area (Å²) in [5.74, 6) is -0.652. The second-order valence-electron chi connectivity index (χ2n) is 4.49. The fraction of sp³-hybridized carbons (Fsp3) is 0.133. The summed E-state index contributed by atoms with van der Waals surface area (Å²) in [5, 5.41) is 2.86. The van der Waals surface area contributed by atoms with Crippen molar-refractivity contribution < 1.29 is 9.18 Å². The van der Waals surface area contributed by atoms with Crippen LogP contribution in [0.2, 0.25) is 0 Å². The molecule has 0 bridgehead atoms. The standard InChI is InChI=1S/C15H14BrFN2O/c1-9(10-2-5-12(18)6-3-10)19-15(20)13-7-4-11(17)8-14(13)16/h2-9H,18H2,1H3,(H,19,20). The predicted octanol–water partition coefficient (Wildman–Crippen LogP) is 3.66. The van der Waals surface area contributed by atoms with Gasteiger partial charge in [-0.2, -0.15) is 0 Å².